The Morgan fingerprint density at radius 3 is 2.74 bits per heavy atom. The van der Waals surface area contributed by atoms with Crippen LogP contribution in [0.25, 0.3) is 0 Å². The zero-order chi connectivity index (χ0) is 17.0. The number of allylic oxidation sites excluding steroid dienone is 4. The number of fused-ring (bicyclic) bond motifs is 1. The summed E-state index contributed by atoms with van der Waals surface area (Å²) < 4.78 is 5.70. The summed E-state index contributed by atoms with van der Waals surface area (Å²) in [5, 5.41) is 18.2. The van der Waals surface area contributed by atoms with E-state index in [0.717, 1.165) is 18.9 Å². The van der Waals surface area contributed by atoms with Crippen LogP contribution in [0.2, 0.25) is 0 Å². The van der Waals surface area contributed by atoms with Gasteiger partial charge in [0.15, 0.2) is 0 Å². The molecule has 0 heterocycles. The van der Waals surface area contributed by atoms with E-state index in [9.17, 15) is 9.90 Å². The fourth-order valence-corrected chi connectivity index (χ4v) is 4.51. The van der Waals surface area contributed by atoms with Gasteiger partial charge >= 0.3 is 5.97 Å². The second-order valence-electron chi connectivity index (χ2n) is 6.96. The van der Waals surface area contributed by atoms with E-state index in [1.807, 2.05) is 6.08 Å². The van der Waals surface area contributed by atoms with Crippen molar-refractivity contribution in [2.45, 2.75) is 32.8 Å². The van der Waals surface area contributed by atoms with Crippen molar-refractivity contribution < 1.29 is 19.7 Å². The molecule has 23 heavy (non-hydrogen) atoms. The van der Waals surface area contributed by atoms with Gasteiger partial charge in [0.2, 0.25) is 0 Å². The minimum absolute atomic E-state index is 0.107. The van der Waals surface area contributed by atoms with E-state index in [-0.39, 0.29) is 12.7 Å². The average molecular weight is 320 g/mol. The zero-order valence-corrected chi connectivity index (χ0v) is 14.2. The summed E-state index contributed by atoms with van der Waals surface area (Å²) in [7, 11) is 1.75. The SMILES string of the molecule is CO[C@@H]1C=C(C)[C@H](/C=C\C=C/C(=O)O)[C@@H]2[C@@H]1C[C@@H](CO)C[C@H]2C. The van der Waals surface area contributed by atoms with Gasteiger partial charge in [-0.2, -0.15) is 0 Å². The molecule has 0 aromatic carbocycles. The summed E-state index contributed by atoms with van der Waals surface area (Å²) in [5.74, 6) is 1.11. The highest BCUT2D eigenvalue weighted by Crippen LogP contribution is 2.49. The Morgan fingerprint density at radius 2 is 2.13 bits per heavy atom. The maximum atomic E-state index is 10.6. The molecule has 2 aliphatic carbocycles. The highest BCUT2D eigenvalue weighted by atomic mass is 16.5. The van der Waals surface area contributed by atoms with Gasteiger partial charge in [0.1, 0.15) is 0 Å². The molecule has 2 N–H and O–H groups in total. The molecule has 0 amide bonds. The van der Waals surface area contributed by atoms with Crippen LogP contribution in [0.5, 0.6) is 0 Å². The van der Waals surface area contributed by atoms with Crippen LogP contribution < -0.4 is 0 Å². The summed E-state index contributed by atoms with van der Waals surface area (Å²) in [6.45, 7) is 4.64. The van der Waals surface area contributed by atoms with Gasteiger partial charge in [0.05, 0.1) is 6.10 Å². The Kier molecular flexibility index (Phi) is 6.19. The standard InChI is InChI=1S/C19H28O4/c1-12-9-17(23-3)16-10-14(11-20)8-13(2)19(16)15(12)6-4-5-7-18(21)22/h4-7,9,13-17,19-20H,8,10-11H2,1-3H3,(H,21,22)/b6-4-,7-5-/t13-,14+,15+,16-,17-,19-/m1/s1. The third-order valence-corrected chi connectivity index (χ3v) is 5.45. The lowest BCUT2D eigenvalue weighted by atomic mass is 9.58. The predicted octanol–water partition coefficient (Wildman–Crippen LogP) is 3.05. The third kappa shape index (κ3) is 4.12. The van der Waals surface area contributed by atoms with Crippen LogP contribution in [0.15, 0.2) is 36.0 Å². The fourth-order valence-electron chi connectivity index (χ4n) is 4.51. The predicted molar refractivity (Wildman–Crippen MR) is 89.9 cm³/mol. The van der Waals surface area contributed by atoms with Gasteiger partial charge in [0, 0.05) is 25.7 Å². The van der Waals surface area contributed by atoms with Crippen molar-refractivity contribution >= 4 is 5.97 Å². The van der Waals surface area contributed by atoms with Gasteiger partial charge in [-0.3, -0.25) is 0 Å². The molecule has 4 heteroatoms. The minimum atomic E-state index is -0.931. The molecule has 0 radical (unpaired) electrons. The van der Waals surface area contributed by atoms with E-state index in [1.54, 1.807) is 13.2 Å². The lowest BCUT2D eigenvalue weighted by Gasteiger charge is -2.48. The van der Waals surface area contributed by atoms with Gasteiger partial charge in [-0.15, -0.1) is 0 Å². The van der Waals surface area contributed by atoms with Crippen LogP contribution in [0.1, 0.15) is 26.7 Å². The van der Waals surface area contributed by atoms with Crippen LogP contribution >= 0.6 is 0 Å². The first-order chi connectivity index (χ1) is 11.0. The van der Waals surface area contributed by atoms with Gasteiger partial charge < -0.3 is 14.9 Å². The topological polar surface area (TPSA) is 66.8 Å². The van der Waals surface area contributed by atoms with E-state index < -0.39 is 5.97 Å². The molecule has 6 atom stereocenters. The van der Waals surface area contributed by atoms with E-state index in [1.165, 1.54) is 5.57 Å². The van der Waals surface area contributed by atoms with Crippen molar-refractivity contribution in [1.29, 1.82) is 0 Å². The summed E-state index contributed by atoms with van der Waals surface area (Å²) in [6, 6.07) is 0. The van der Waals surface area contributed by atoms with Crippen LogP contribution in [-0.2, 0) is 9.53 Å². The molecule has 2 rings (SSSR count). The smallest absolute Gasteiger partial charge is 0.328 e. The number of ether oxygens (including phenoxy) is 1. The summed E-state index contributed by atoms with van der Waals surface area (Å²) >= 11 is 0. The molecule has 4 nitrogen and oxygen atoms in total. The van der Waals surface area contributed by atoms with Gasteiger partial charge in [-0.05, 0) is 43.4 Å². The van der Waals surface area contributed by atoms with E-state index in [4.69, 9.17) is 9.84 Å². The number of carbonyl (C=O) groups is 1. The quantitative estimate of drug-likeness (QED) is 0.464. The minimum Gasteiger partial charge on any atom is -0.478 e. The van der Waals surface area contributed by atoms with Crippen molar-refractivity contribution in [2.75, 3.05) is 13.7 Å². The molecule has 1 fully saturated rings. The van der Waals surface area contributed by atoms with Crippen molar-refractivity contribution in [3.05, 3.63) is 36.0 Å². The van der Waals surface area contributed by atoms with Crippen LogP contribution in [0.4, 0.5) is 0 Å². The maximum Gasteiger partial charge on any atom is 0.328 e. The molecule has 128 valence electrons. The van der Waals surface area contributed by atoms with Crippen molar-refractivity contribution in [2.24, 2.45) is 29.6 Å². The van der Waals surface area contributed by atoms with Crippen LogP contribution in [-0.4, -0.2) is 36.0 Å². The molecule has 0 unspecified atom stereocenters. The molecule has 0 bridgehead atoms. The Labute approximate surface area is 138 Å². The molecule has 1 saturated carbocycles. The van der Waals surface area contributed by atoms with Gasteiger partial charge in [0.25, 0.3) is 0 Å². The van der Waals surface area contributed by atoms with Crippen molar-refractivity contribution in [1.82, 2.24) is 0 Å². The number of rotatable bonds is 5. The number of carboxylic acid groups (broad SMARTS) is 1. The normalized spacial score (nSPS) is 37.8. The Balaban J connectivity index is 2.25. The number of aliphatic hydroxyl groups is 1. The highest BCUT2D eigenvalue weighted by molar-refractivity contribution is 5.80. The lowest BCUT2D eigenvalue weighted by Crippen LogP contribution is -2.45. The van der Waals surface area contributed by atoms with E-state index in [2.05, 4.69) is 26.0 Å². The maximum absolute atomic E-state index is 10.6. The second kappa shape index (κ2) is 7.93. The first-order valence-electron chi connectivity index (χ1n) is 8.37. The van der Waals surface area contributed by atoms with Gasteiger partial charge in [-0.1, -0.05) is 36.8 Å². The number of aliphatic hydroxyl groups excluding tert-OH is 1. The van der Waals surface area contributed by atoms with Crippen molar-refractivity contribution in [3.8, 4) is 0 Å². The average Bonchev–Trinajstić information content (AvgIpc) is 2.52. The number of methoxy groups -OCH3 is 1. The van der Waals surface area contributed by atoms with Gasteiger partial charge in [-0.25, -0.2) is 4.79 Å². The molecule has 0 saturated heterocycles. The first-order valence-corrected chi connectivity index (χ1v) is 8.37. The zero-order valence-electron chi connectivity index (χ0n) is 14.2. The Morgan fingerprint density at radius 1 is 1.39 bits per heavy atom. The summed E-state index contributed by atoms with van der Waals surface area (Å²) in [6.07, 6.45) is 11.0. The molecule has 2 aliphatic rings. The molecule has 0 spiro atoms. The van der Waals surface area contributed by atoms with Crippen molar-refractivity contribution in [3.63, 3.8) is 0 Å². The Hall–Kier alpha value is -1.39. The number of hydrogen-bond donors (Lipinski definition) is 2. The Bertz CT molecular complexity index is 505. The lowest BCUT2D eigenvalue weighted by molar-refractivity contribution is -0.131. The second-order valence-corrected chi connectivity index (χ2v) is 6.96. The first kappa shape index (κ1) is 18.0. The monoisotopic (exact) mass is 320 g/mol. The van der Waals surface area contributed by atoms with Crippen LogP contribution in [0, 0.1) is 29.6 Å². The number of hydrogen-bond acceptors (Lipinski definition) is 3. The van der Waals surface area contributed by atoms with Crippen LogP contribution in [0.3, 0.4) is 0 Å². The summed E-state index contributed by atoms with van der Waals surface area (Å²) in [5.41, 5.74) is 1.28. The summed E-state index contributed by atoms with van der Waals surface area (Å²) in [4.78, 5) is 10.6. The third-order valence-electron chi connectivity index (χ3n) is 5.45. The largest absolute Gasteiger partial charge is 0.478 e. The fraction of sp³-hybridized carbons (Fsp3) is 0.632. The molecular formula is C19H28O4. The molecular weight excluding hydrogens is 292 g/mol. The highest BCUT2D eigenvalue weighted by Gasteiger charge is 2.45. The number of carboxylic acids is 1. The number of aliphatic carboxylic acids is 1. The molecule has 0 aromatic heterocycles. The molecule has 0 aromatic rings. The van der Waals surface area contributed by atoms with E-state index >= 15 is 0 Å². The van der Waals surface area contributed by atoms with E-state index in [0.29, 0.717) is 29.6 Å². The molecule has 0 aliphatic heterocycles.